The molecule has 5 heteroatoms. The summed E-state index contributed by atoms with van der Waals surface area (Å²) in [5, 5.41) is 3.68. The highest BCUT2D eigenvalue weighted by Gasteiger charge is 2.05. The molecule has 2 aromatic rings. The van der Waals surface area contributed by atoms with Gasteiger partial charge in [-0.15, -0.1) is 0 Å². The van der Waals surface area contributed by atoms with E-state index in [0.717, 1.165) is 14.5 Å². The van der Waals surface area contributed by atoms with E-state index >= 15 is 0 Å². The number of halogens is 4. The Morgan fingerprint density at radius 1 is 1.06 bits per heavy atom. The topological polar surface area (TPSA) is 12.0 Å². The second-order valence-corrected chi connectivity index (χ2v) is 5.95. The van der Waals surface area contributed by atoms with Gasteiger partial charge in [0.25, 0.3) is 0 Å². The fourth-order valence-corrected chi connectivity index (χ4v) is 2.46. The number of anilines is 1. The first kappa shape index (κ1) is 13.8. The van der Waals surface area contributed by atoms with Crippen LogP contribution in [-0.2, 0) is 6.54 Å². The average Bonchev–Trinajstić information content (AvgIpc) is 2.34. The van der Waals surface area contributed by atoms with E-state index in [4.69, 9.17) is 11.6 Å². The van der Waals surface area contributed by atoms with Crippen molar-refractivity contribution >= 4 is 49.1 Å². The van der Waals surface area contributed by atoms with E-state index in [0.29, 0.717) is 17.3 Å². The third-order valence-electron chi connectivity index (χ3n) is 2.41. The zero-order valence-electron chi connectivity index (χ0n) is 9.18. The zero-order valence-corrected chi connectivity index (χ0v) is 13.1. The molecule has 2 aromatic carbocycles. The molecule has 0 unspecified atom stereocenters. The smallest absolute Gasteiger partial charge is 0.146 e. The highest BCUT2D eigenvalue weighted by atomic mass is 79.9. The van der Waals surface area contributed by atoms with Gasteiger partial charge in [0, 0.05) is 20.5 Å². The van der Waals surface area contributed by atoms with Crippen LogP contribution in [0, 0.1) is 5.82 Å². The minimum atomic E-state index is -0.288. The predicted molar refractivity (Wildman–Crippen MR) is 80.6 cm³/mol. The van der Waals surface area contributed by atoms with E-state index in [1.165, 1.54) is 6.07 Å². The summed E-state index contributed by atoms with van der Waals surface area (Å²) in [5.74, 6) is -0.288. The van der Waals surface area contributed by atoms with E-state index in [9.17, 15) is 4.39 Å². The molecule has 0 amide bonds. The van der Waals surface area contributed by atoms with Crippen LogP contribution in [-0.4, -0.2) is 0 Å². The van der Waals surface area contributed by atoms with Crippen molar-refractivity contribution in [3.05, 3.63) is 61.7 Å². The molecule has 0 radical (unpaired) electrons. The Labute approximate surface area is 127 Å². The van der Waals surface area contributed by atoms with Crippen LogP contribution in [0.15, 0.2) is 45.3 Å². The second-order valence-electron chi connectivity index (χ2n) is 3.71. The van der Waals surface area contributed by atoms with Crippen LogP contribution in [0.3, 0.4) is 0 Å². The lowest BCUT2D eigenvalue weighted by atomic mass is 10.2. The Hall–Kier alpha value is -0.580. The maximum absolute atomic E-state index is 13.5. The molecule has 0 fully saturated rings. The van der Waals surface area contributed by atoms with E-state index in [2.05, 4.69) is 37.2 Å². The predicted octanol–water partition coefficient (Wildman–Crippen LogP) is 5.62. The van der Waals surface area contributed by atoms with Crippen molar-refractivity contribution in [1.29, 1.82) is 0 Å². The molecule has 0 heterocycles. The fourth-order valence-electron chi connectivity index (χ4n) is 1.50. The summed E-state index contributed by atoms with van der Waals surface area (Å²) in [4.78, 5) is 0. The van der Waals surface area contributed by atoms with Crippen molar-refractivity contribution in [3.8, 4) is 0 Å². The van der Waals surface area contributed by atoms with Crippen LogP contribution in [0.5, 0.6) is 0 Å². The van der Waals surface area contributed by atoms with Gasteiger partial charge < -0.3 is 5.32 Å². The van der Waals surface area contributed by atoms with Crippen LogP contribution in [0.4, 0.5) is 10.1 Å². The van der Waals surface area contributed by atoms with Gasteiger partial charge in [0.1, 0.15) is 5.82 Å². The molecule has 0 saturated heterocycles. The average molecular weight is 393 g/mol. The van der Waals surface area contributed by atoms with E-state index in [-0.39, 0.29) is 5.82 Å². The summed E-state index contributed by atoms with van der Waals surface area (Å²) in [6.07, 6.45) is 0. The number of benzene rings is 2. The van der Waals surface area contributed by atoms with Gasteiger partial charge in [-0.05, 0) is 42.0 Å². The van der Waals surface area contributed by atoms with Crippen LogP contribution < -0.4 is 5.32 Å². The van der Waals surface area contributed by atoms with Gasteiger partial charge in [-0.1, -0.05) is 43.5 Å². The van der Waals surface area contributed by atoms with Gasteiger partial charge in [-0.2, -0.15) is 0 Å². The number of hydrogen-bond acceptors (Lipinski definition) is 1. The lowest BCUT2D eigenvalue weighted by Gasteiger charge is -2.10. The summed E-state index contributed by atoms with van der Waals surface area (Å²) in [6.45, 7) is 0.464. The third kappa shape index (κ3) is 3.46. The zero-order chi connectivity index (χ0) is 13.1. The van der Waals surface area contributed by atoms with E-state index in [1.54, 1.807) is 18.2 Å². The van der Waals surface area contributed by atoms with Crippen LogP contribution in [0.1, 0.15) is 5.56 Å². The molecular weight excluding hydrogens is 384 g/mol. The molecule has 0 atom stereocenters. The summed E-state index contributed by atoms with van der Waals surface area (Å²) in [7, 11) is 0. The first-order chi connectivity index (χ1) is 8.56. The SMILES string of the molecule is Fc1ccc(Br)cc1NCc1cc(Br)ccc1Cl. The van der Waals surface area contributed by atoms with Crippen LogP contribution >= 0.6 is 43.5 Å². The van der Waals surface area contributed by atoms with Crippen molar-refractivity contribution in [2.45, 2.75) is 6.54 Å². The normalized spacial score (nSPS) is 10.4. The molecule has 0 bridgehead atoms. The third-order valence-corrected chi connectivity index (χ3v) is 3.76. The Bertz CT molecular complexity index is 523. The van der Waals surface area contributed by atoms with Crippen molar-refractivity contribution in [2.75, 3.05) is 5.32 Å². The largest absolute Gasteiger partial charge is 0.379 e. The van der Waals surface area contributed by atoms with Gasteiger partial charge >= 0.3 is 0 Å². The molecule has 0 saturated carbocycles. The molecule has 0 aliphatic heterocycles. The Morgan fingerprint density at radius 2 is 1.72 bits per heavy atom. The molecule has 0 aromatic heterocycles. The van der Waals surface area contributed by atoms with Crippen molar-refractivity contribution in [3.63, 3.8) is 0 Å². The molecule has 1 nitrogen and oxygen atoms in total. The van der Waals surface area contributed by atoms with Gasteiger partial charge in [0.2, 0.25) is 0 Å². The van der Waals surface area contributed by atoms with Gasteiger partial charge in [-0.25, -0.2) is 4.39 Å². The molecule has 0 aliphatic carbocycles. The summed E-state index contributed by atoms with van der Waals surface area (Å²) in [5.41, 5.74) is 1.35. The quantitative estimate of drug-likeness (QED) is 0.714. The van der Waals surface area contributed by atoms with E-state index < -0.39 is 0 Å². The highest BCUT2D eigenvalue weighted by molar-refractivity contribution is 9.10. The van der Waals surface area contributed by atoms with Gasteiger partial charge in [-0.3, -0.25) is 0 Å². The van der Waals surface area contributed by atoms with Crippen molar-refractivity contribution in [2.24, 2.45) is 0 Å². The van der Waals surface area contributed by atoms with Crippen LogP contribution in [0.2, 0.25) is 5.02 Å². The minimum Gasteiger partial charge on any atom is -0.379 e. The molecule has 0 aliphatic rings. The molecular formula is C13H9Br2ClFN. The summed E-state index contributed by atoms with van der Waals surface area (Å²) < 4.78 is 15.3. The van der Waals surface area contributed by atoms with Crippen LogP contribution in [0.25, 0.3) is 0 Å². The number of hydrogen-bond donors (Lipinski definition) is 1. The van der Waals surface area contributed by atoms with Gasteiger partial charge in [0.05, 0.1) is 5.69 Å². The molecule has 0 spiro atoms. The monoisotopic (exact) mass is 391 g/mol. The molecule has 2 rings (SSSR count). The number of rotatable bonds is 3. The number of nitrogens with one attached hydrogen (secondary N) is 1. The van der Waals surface area contributed by atoms with Crippen molar-refractivity contribution in [1.82, 2.24) is 0 Å². The maximum atomic E-state index is 13.5. The Kier molecular flexibility index (Phi) is 4.65. The van der Waals surface area contributed by atoms with Gasteiger partial charge in [0.15, 0.2) is 0 Å². The summed E-state index contributed by atoms with van der Waals surface area (Å²) >= 11 is 12.8. The van der Waals surface area contributed by atoms with E-state index in [1.807, 2.05) is 12.1 Å². The Morgan fingerprint density at radius 3 is 2.50 bits per heavy atom. The summed E-state index contributed by atoms with van der Waals surface area (Å²) in [6, 6.07) is 10.3. The standard InChI is InChI=1S/C13H9Br2ClFN/c14-9-1-3-11(16)8(5-9)7-18-13-6-10(15)2-4-12(13)17/h1-6,18H,7H2. The molecule has 1 N–H and O–H groups in total. The van der Waals surface area contributed by atoms with Crippen molar-refractivity contribution < 1.29 is 4.39 Å². The lowest BCUT2D eigenvalue weighted by molar-refractivity contribution is 0.630. The highest BCUT2D eigenvalue weighted by Crippen LogP contribution is 2.24. The minimum absolute atomic E-state index is 0.288. The first-order valence-corrected chi connectivity index (χ1v) is 7.15. The molecule has 94 valence electrons. The first-order valence-electron chi connectivity index (χ1n) is 5.19. The molecule has 18 heavy (non-hydrogen) atoms. The maximum Gasteiger partial charge on any atom is 0.146 e. The fraction of sp³-hybridized carbons (Fsp3) is 0.0769. The Balaban J connectivity index is 2.16. The lowest BCUT2D eigenvalue weighted by Crippen LogP contribution is -2.02. The second kappa shape index (κ2) is 6.04.